The van der Waals surface area contributed by atoms with Crippen molar-refractivity contribution in [2.24, 2.45) is 0 Å². The van der Waals surface area contributed by atoms with Crippen LogP contribution in [-0.2, 0) is 0 Å². The maximum Gasteiger partial charge on any atom is 0.270 e. The van der Waals surface area contributed by atoms with E-state index in [0.29, 0.717) is 0 Å². The highest BCUT2D eigenvalue weighted by Gasteiger charge is 2.19. The average molecular weight is 362 g/mol. The first-order valence-electron chi connectivity index (χ1n) is 5.58. The topological polar surface area (TPSA) is 52.4 Å². The van der Waals surface area contributed by atoms with E-state index in [-0.39, 0.29) is 16.0 Å². The van der Waals surface area contributed by atoms with Crippen LogP contribution in [0.2, 0.25) is 0 Å². The van der Waals surface area contributed by atoms with Crippen LogP contribution in [0.15, 0.2) is 40.9 Å². The molecule has 0 bridgehead atoms. The van der Waals surface area contributed by atoms with E-state index in [9.17, 15) is 23.3 Å². The maximum atomic E-state index is 13.1. The first kappa shape index (κ1) is 15.3. The van der Waals surface area contributed by atoms with E-state index in [2.05, 4.69) is 15.9 Å². The largest absolute Gasteiger partial charge is 0.457 e. The predicted molar refractivity (Wildman–Crippen MR) is 72.2 cm³/mol. The Morgan fingerprint density at radius 1 is 1.19 bits per heavy atom. The summed E-state index contributed by atoms with van der Waals surface area (Å²) < 4.78 is 44.3. The van der Waals surface area contributed by atoms with Crippen molar-refractivity contribution in [3.8, 4) is 11.5 Å². The molecule has 0 heterocycles. The Morgan fingerprint density at radius 3 is 2.48 bits per heavy atom. The molecule has 0 aliphatic rings. The van der Waals surface area contributed by atoms with Crippen molar-refractivity contribution >= 4 is 21.6 Å². The van der Waals surface area contributed by atoms with Gasteiger partial charge in [0.2, 0.25) is 0 Å². The summed E-state index contributed by atoms with van der Waals surface area (Å²) in [6, 6.07) is 6.52. The number of alkyl halides is 2. The molecule has 0 radical (unpaired) electrons. The van der Waals surface area contributed by atoms with Crippen LogP contribution in [0.4, 0.5) is 18.9 Å². The van der Waals surface area contributed by atoms with Crippen molar-refractivity contribution in [3.63, 3.8) is 0 Å². The molecule has 0 aliphatic carbocycles. The van der Waals surface area contributed by atoms with Gasteiger partial charge < -0.3 is 4.74 Å². The Kier molecular flexibility index (Phi) is 4.46. The van der Waals surface area contributed by atoms with Gasteiger partial charge in [0.1, 0.15) is 17.3 Å². The summed E-state index contributed by atoms with van der Waals surface area (Å²) >= 11 is 2.95. The number of rotatable bonds is 4. The van der Waals surface area contributed by atoms with E-state index in [4.69, 9.17) is 4.74 Å². The van der Waals surface area contributed by atoms with E-state index in [1.165, 1.54) is 12.1 Å². The Morgan fingerprint density at radius 2 is 1.90 bits per heavy atom. The molecule has 0 spiro atoms. The number of hydrogen-bond acceptors (Lipinski definition) is 3. The van der Waals surface area contributed by atoms with Gasteiger partial charge in [0.15, 0.2) is 0 Å². The van der Waals surface area contributed by atoms with Gasteiger partial charge in [-0.2, -0.15) is 0 Å². The smallest absolute Gasteiger partial charge is 0.270 e. The Labute approximate surface area is 125 Å². The normalized spacial score (nSPS) is 10.7. The SMILES string of the molecule is O=[N+]([O-])c1ccc(Oc2ccc(F)c(Br)c2)c(C(F)F)c1. The van der Waals surface area contributed by atoms with Gasteiger partial charge in [-0.05, 0) is 40.2 Å². The Bertz CT molecular complexity index is 694. The van der Waals surface area contributed by atoms with E-state index >= 15 is 0 Å². The summed E-state index contributed by atoms with van der Waals surface area (Å²) in [5.41, 5.74) is -1.07. The van der Waals surface area contributed by atoms with Crippen molar-refractivity contribution in [1.82, 2.24) is 0 Å². The molecule has 0 fully saturated rings. The summed E-state index contributed by atoms with van der Waals surface area (Å²) in [7, 11) is 0. The maximum absolute atomic E-state index is 13.1. The van der Waals surface area contributed by atoms with Crippen LogP contribution in [0.25, 0.3) is 0 Å². The van der Waals surface area contributed by atoms with Crippen molar-refractivity contribution in [2.75, 3.05) is 0 Å². The zero-order valence-electron chi connectivity index (χ0n) is 10.2. The second kappa shape index (κ2) is 6.13. The molecule has 0 aromatic heterocycles. The zero-order valence-corrected chi connectivity index (χ0v) is 11.8. The number of ether oxygens (including phenoxy) is 1. The molecule has 2 aromatic rings. The zero-order chi connectivity index (χ0) is 15.6. The highest BCUT2D eigenvalue weighted by atomic mass is 79.9. The van der Waals surface area contributed by atoms with E-state index in [1.54, 1.807) is 0 Å². The van der Waals surface area contributed by atoms with Crippen LogP contribution in [0.1, 0.15) is 12.0 Å². The fraction of sp³-hybridized carbons (Fsp3) is 0.0769. The molecule has 8 heteroatoms. The van der Waals surface area contributed by atoms with Crippen LogP contribution in [0.5, 0.6) is 11.5 Å². The van der Waals surface area contributed by atoms with Gasteiger partial charge in [0.05, 0.1) is 15.0 Å². The van der Waals surface area contributed by atoms with Crippen molar-refractivity contribution < 1.29 is 22.8 Å². The fourth-order valence-electron chi connectivity index (χ4n) is 1.58. The molecule has 110 valence electrons. The first-order chi connectivity index (χ1) is 9.88. The van der Waals surface area contributed by atoms with Gasteiger partial charge in [-0.1, -0.05) is 0 Å². The monoisotopic (exact) mass is 361 g/mol. The standard InChI is InChI=1S/C13H7BrF3NO3/c14-10-6-8(2-3-11(10)15)21-12-4-1-7(18(19)20)5-9(12)13(16)17/h1-6,13H. The van der Waals surface area contributed by atoms with Gasteiger partial charge in [0.25, 0.3) is 12.1 Å². The highest BCUT2D eigenvalue weighted by molar-refractivity contribution is 9.10. The number of nitro benzene ring substituents is 1. The van der Waals surface area contributed by atoms with E-state index < -0.39 is 28.4 Å². The van der Waals surface area contributed by atoms with Gasteiger partial charge in [-0.25, -0.2) is 13.2 Å². The van der Waals surface area contributed by atoms with Crippen LogP contribution in [-0.4, -0.2) is 4.92 Å². The van der Waals surface area contributed by atoms with Crippen LogP contribution in [0, 0.1) is 15.9 Å². The van der Waals surface area contributed by atoms with Gasteiger partial charge >= 0.3 is 0 Å². The number of halogens is 4. The highest BCUT2D eigenvalue weighted by Crippen LogP contribution is 2.35. The van der Waals surface area contributed by atoms with Gasteiger partial charge in [0, 0.05) is 12.1 Å². The van der Waals surface area contributed by atoms with Crippen LogP contribution in [0.3, 0.4) is 0 Å². The minimum Gasteiger partial charge on any atom is -0.457 e. The molecule has 4 nitrogen and oxygen atoms in total. The summed E-state index contributed by atoms with van der Waals surface area (Å²) in [5, 5.41) is 10.6. The Balaban J connectivity index is 2.38. The third-order valence-corrected chi connectivity index (χ3v) is 3.17. The number of non-ortho nitro benzene ring substituents is 1. The summed E-state index contributed by atoms with van der Waals surface area (Å²) in [6.45, 7) is 0. The fourth-order valence-corrected chi connectivity index (χ4v) is 1.94. The van der Waals surface area contributed by atoms with Crippen molar-refractivity contribution in [1.29, 1.82) is 0 Å². The molecular weight excluding hydrogens is 355 g/mol. The number of nitrogens with zero attached hydrogens (tertiary/aromatic N) is 1. The molecular formula is C13H7BrF3NO3. The van der Waals surface area contributed by atoms with Gasteiger partial charge in [-0.3, -0.25) is 10.1 Å². The lowest BCUT2D eigenvalue weighted by Gasteiger charge is -2.11. The number of benzene rings is 2. The molecule has 0 amide bonds. The van der Waals surface area contributed by atoms with Crippen molar-refractivity contribution in [3.05, 3.63) is 62.4 Å². The van der Waals surface area contributed by atoms with E-state index in [0.717, 1.165) is 24.3 Å². The molecule has 0 atom stereocenters. The molecule has 21 heavy (non-hydrogen) atoms. The Hall–Kier alpha value is -2.09. The molecule has 0 aliphatic heterocycles. The second-order valence-electron chi connectivity index (χ2n) is 3.96. The molecule has 0 saturated heterocycles. The number of hydrogen-bond donors (Lipinski definition) is 0. The predicted octanol–water partition coefficient (Wildman–Crippen LogP) is 5.23. The van der Waals surface area contributed by atoms with E-state index in [1.807, 2.05) is 0 Å². The lowest BCUT2D eigenvalue weighted by Crippen LogP contribution is -1.96. The molecule has 2 aromatic carbocycles. The third kappa shape index (κ3) is 3.52. The van der Waals surface area contributed by atoms with Crippen molar-refractivity contribution in [2.45, 2.75) is 6.43 Å². The summed E-state index contributed by atoms with van der Waals surface area (Å²) in [5.74, 6) is -0.631. The van der Waals surface area contributed by atoms with Gasteiger partial charge in [-0.15, -0.1) is 0 Å². The molecule has 0 unspecified atom stereocenters. The third-order valence-electron chi connectivity index (χ3n) is 2.56. The minimum absolute atomic E-state index is 0.112. The molecule has 2 rings (SSSR count). The number of nitro groups is 1. The second-order valence-corrected chi connectivity index (χ2v) is 4.81. The molecule has 0 N–H and O–H groups in total. The van der Waals surface area contributed by atoms with Crippen LogP contribution < -0.4 is 4.74 Å². The lowest BCUT2D eigenvalue weighted by molar-refractivity contribution is -0.385. The average Bonchev–Trinajstić information content (AvgIpc) is 2.43. The summed E-state index contributed by atoms with van der Waals surface area (Å²) in [6.07, 6.45) is -2.94. The lowest BCUT2D eigenvalue weighted by atomic mass is 10.2. The first-order valence-corrected chi connectivity index (χ1v) is 6.37. The summed E-state index contributed by atoms with van der Waals surface area (Å²) in [4.78, 5) is 9.83. The quantitative estimate of drug-likeness (QED) is 0.553. The van der Waals surface area contributed by atoms with Crippen LogP contribution >= 0.6 is 15.9 Å². The molecule has 0 saturated carbocycles. The minimum atomic E-state index is -2.94.